The summed E-state index contributed by atoms with van der Waals surface area (Å²) in [6.45, 7) is 4.18. The van der Waals surface area contributed by atoms with Crippen molar-refractivity contribution in [2.45, 2.75) is 48.3 Å². The van der Waals surface area contributed by atoms with Crippen molar-refractivity contribution >= 4 is 35.2 Å². The predicted octanol–water partition coefficient (Wildman–Crippen LogP) is 2.56. The Morgan fingerprint density at radius 1 is 1.14 bits per heavy atom. The maximum atomic E-state index is 14.4. The van der Waals surface area contributed by atoms with E-state index < -0.39 is 39.4 Å². The number of amides is 2. The highest BCUT2D eigenvalue weighted by atomic mass is 32.2. The van der Waals surface area contributed by atoms with Crippen LogP contribution < -0.4 is 9.64 Å². The van der Waals surface area contributed by atoms with Crippen LogP contribution in [0, 0.1) is 11.8 Å². The standard InChI is InChI=1S/C27H32N2O6S/c1-4-17(16-30)29-22-24(32)28(18-8-10-19(34-3)11-9-18)14-7-13-27(22)20(23(29)31)21-25(33)35-15-6-5-12-26(21,2)36-27/h5,7-13,17,20-22,30H,4,6,14-16H2,1-3H3/t17-,20-,21+,22?,26-,27-/m0/s1. The van der Waals surface area contributed by atoms with Gasteiger partial charge in [0.2, 0.25) is 5.91 Å². The Balaban J connectivity index is 1.66. The number of hydrogen-bond acceptors (Lipinski definition) is 7. The lowest BCUT2D eigenvalue weighted by molar-refractivity contribution is -0.154. The van der Waals surface area contributed by atoms with E-state index in [9.17, 15) is 19.5 Å². The van der Waals surface area contributed by atoms with Crippen LogP contribution in [-0.2, 0) is 19.1 Å². The molecule has 4 heterocycles. The van der Waals surface area contributed by atoms with Crippen LogP contribution in [0.15, 0.2) is 48.6 Å². The van der Waals surface area contributed by atoms with Gasteiger partial charge in [0.25, 0.3) is 5.91 Å². The van der Waals surface area contributed by atoms with Gasteiger partial charge in [-0.25, -0.2) is 0 Å². The summed E-state index contributed by atoms with van der Waals surface area (Å²) in [5.74, 6) is -1.74. The zero-order valence-corrected chi connectivity index (χ0v) is 21.6. The van der Waals surface area contributed by atoms with E-state index in [4.69, 9.17) is 9.47 Å². The summed E-state index contributed by atoms with van der Waals surface area (Å²) in [5.41, 5.74) is 0.690. The van der Waals surface area contributed by atoms with Crippen molar-refractivity contribution in [2.75, 3.05) is 31.8 Å². The fraction of sp³-hybridized carbons (Fsp3) is 0.519. The summed E-state index contributed by atoms with van der Waals surface area (Å²) in [6.07, 6.45) is 8.99. The fourth-order valence-corrected chi connectivity index (χ4v) is 8.37. The molecule has 5 rings (SSSR count). The summed E-state index contributed by atoms with van der Waals surface area (Å²) < 4.78 is 9.16. The number of cyclic esters (lactones) is 1. The molecule has 6 atom stereocenters. The molecule has 9 heteroatoms. The van der Waals surface area contributed by atoms with Crippen LogP contribution in [0.2, 0.25) is 0 Å². The number of likely N-dealkylation sites (tertiary alicyclic amines) is 1. The van der Waals surface area contributed by atoms with Gasteiger partial charge in [0.15, 0.2) is 0 Å². The SMILES string of the molecule is CC[C@@H](CO)N1C(=O)[C@@H]2[C@@H]3C(=O)OCCC=C[C@]3(C)S[C@@]23C=CCN(c2ccc(OC)cc2)C(=O)C13. The smallest absolute Gasteiger partial charge is 0.311 e. The lowest BCUT2D eigenvalue weighted by Crippen LogP contribution is -2.56. The average Bonchev–Trinajstić information content (AvgIpc) is 3.19. The molecule has 192 valence electrons. The second-order valence-electron chi connectivity index (χ2n) is 9.90. The van der Waals surface area contributed by atoms with Gasteiger partial charge in [-0.2, -0.15) is 0 Å². The Morgan fingerprint density at radius 3 is 2.56 bits per heavy atom. The molecular formula is C27H32N2O6S. The monoisotopic (exact) mass is 512 g/mol. The van der Waals surface area contributed by atoms with Crippen molar-refractivity contribution in [3.8, 4) is 5.75 Å². The van der Waals surface area contributed by atoms with Crippen LogP contribution in [0.25, 0.3) is 0 Å². The number of carbonyl (C=O) groups is 3. The Kier molecular flexibility index (Phi) is 6.41. The molecule has 0 radical (unpaired) electrons. The highest BCUT2D eigenvalue weighted by molar-refractivity contribution is 8.02. The molecule has 36 heavy (non-hydrogen) atoms. The van der Waals surface area contributed by atoms with Crippen molar-refractivity contribution in [1.82, 2.24) is 4.90 Å². The average molecular weight is 513 g/mol. The van der Waals surface area contributed by atoms with E-state index in [1.807, 2.05) is 50.3 Å². The molecule has 2 fully saturated rings. The van der Waals surface area contributed by atoms with E-state index in [0.717, 1.165) is 0 Å². The number of thioether (sulfide) groups is 1. The van der Waals surface area contributed by atoms with E-state index in [0.29, 0.717) is 30.8 Å². The number of esters is 1. The number of anilines is 1. The number of aliphatic hydroxyl groups excluding tert-OH is 1. The first-order valence-corrected chi connectivity index (χ1v) is 13.2. The third-order valence-corrected chi connectivity index (χ3v) is 9.71. The molecule has 1 N–H and O–H groups in total. The van der Waals surface area contributed by atoms with Crippen LogP contribution in [0.5, 0.6) is 5.75 Å². The predicted molar refractivity (Wildman–Crippen MR) is 137 cm³/mol. The Bertz CT molecular complexity index is 1120. The van der Waals surface area contributed by atoms with E-state index >= 15 is 0 Å². The van der Waals surface area contributed by atoms with Crippen molar-refractivity contribution < 1.29 is 29.0 Å². The number of rotatable bonds is 5. The van der Waals surface area contributed by atoms with Gasteiger partial charge in [0.05, 0.1) is 42.9 Å². The van der Waals surface area contributed by atoms with Gasteiger partial charge in [-0.15, -0.1) is 11.8 Å². The number of methoxy groups -OCH3 is 1. The van der Waals surface area contributed by atoms with E-state index in [1.165, 1.54) is 11.8 Å². The molecular weight excluding hydrogens is 480 g/mol. The number of fused-ring (bicyclic) bond motifs is 2. The molecule has 8 nitrogen and oxygen atoms in total. The second kappa shape index (κ2) is 9.27. The third-order valence-electron chi connectivity index (χ3n) is 7.92. The molecule has 0 aliphatic carbocycles. The maximum Gasteiger partial charge on any atom is 0.311 e. The largest absolute Gasteiger partial charge is 0.497 e. The van der Waals surface area contributed by atoms with Crippen molar-refractivity contribution in [1.29, 1.82) is 0 Å². The first-order chi connectivity index (χ1) is 17.3. The normalized spacial score (nSPS) is 34.3. The molecule has 1 aromatic rings. The zero-order chi connectivity index (χ0) is 25.7. The van der Waals surface area contributed by atoms with E-state index in [1.54, 1.807) is 29.0 Å². The molecule has 0 saturated carbocycles. The van der Waals surface area contributed by atoms with Gasteiger partial charge in [0.1, 0.15) is 11.8 Å². The first-order valence-electron chi connectivity index (χ1n) is 12.4. The Labute approximate surface area is 215 Å². The molecule has 2 amide bonds. The van der Waals surface area contributed by atoms with Crippen LogP contribution in [0.3, 0.4) is 0 Å². The van der Waals surface area contributed by atoms with Crippen LogP contribution in [-0.4, -0.2) is 76.2 Å². The summed E-state index contributed by atoms with van der Waals surface area (Å²) >= 11 is 1.51. The fourth-order valence-electron chi connectivity index (χ4n) is 6.23. The van der Waals surface area contributed by atoms with Gasteiger partial charge in [-0.3, -0.25) is 14.4 Å². The van der Waals surface area contributed by atoms with Crippen molar-refractivity contribution in [3.05, 3.63) is 48.6 Å². The van der Waals surface area contributed by atoms with Gasteiger partial charge in [-0.05, 0) is 44.0 Å². The Hall–Kier alpha value is -2.78. The van der Waals surface area contributed by atoms with Crippen LogP contribution >= 0.6 is 11.8 Å². The second-order valence-corrected chi connectivity index (χ2v) is 11.7. The lowest BCUT2D eigenvalue weighted by Gasteiger charge is -2.39. The molecule has 0 bridgehead atoms. The quantitative estimate of drug-likeness (QED) is 0.479. The molecule has 1 aromatic carbocycles. The number of hydrogen-bond donors (Lipinski definition) is 1. The minimum Gasteiger partial charge on any atom is -0.497 e. The maximum absolute atomic E-state index is 14.4. The topological polar surface area (TPSA) is 96.4 Å². The number of benzene rings is 1. The highest BCUT2D eigenvalue weighted by Crippen LogP contribution is 2.65. The highest BCUT2D eigenvalue weighted by Gasteiger charge is 2.74. The van der Waals surface area contributed by atoms with Crippen molar-refractivity contribution in [2.24, 2.45) is 11.8 Å². The number of nitrogens with zero attached hydrogens (tertiary/aromatic N) is 2. The number of aliphatic hydroxyl groups is 1. The van der Waals surface area contributed by atoms with Crippen LogP contribution in [0.4, 0.5) is 5.69 Å². The molecule has 1 spiro atoms. The molecule has 4 aliphatic heterocycles. The minimum atomic E-state index is -0.967. The van der Waals surface area contributed by atoms with Crippen molar-refractivity contribution in [3.63, 3.8) is 0 Å². The summed E-state index contributed by atoms with van der Waals surface area (Å²) in [7, 11) is 1.59. The summed E-state index contributed by atoms with van der Waals surface area (Å²) in [4.78, 5) is 45.1. The first kappa shape index (κ1) is 24.9. The van der Waals surface area contributed by atoms with Gasteiger partial charge < -0.3 is 24.4 Å². The Morgan fingerprint density at radius 2 is 1.89 bits per heavy atom. The molecule has 4 aliphatic rings. The lowest BCUT2D eigenvalue weighted by atomic mass is 9.74. The number of carbonyl (C=O) groups excluding carboxylic acids is 3. The molecule has 1 unspecified atom stereocenters. The zero-order valence-electron chi connectivity index (χ0n) is 20.8. The number of ether oxygens (including phenoxy) is 2. The summed E-state index contributed by atoms with van der Waals surface area (Å²) in [6, 6.07) is 5.83. The van der Waals surface area contributed by atoms with Gasteiger partial charge >= 0.3 is 5.97 Å². The van der Waals surface area contributed by atoms with Crippen LogP contribution in [0.1, 0.15) is 26.7 Å². The summed E-state index contributed by atoms with van der Waals surface area (Å²) in [5, 5.41) is 10.2. The van der Waals surface area contributed by atoms with Gasteiger partial charge in [0, 0.05) is 17.0 Å². The van der Waals surface area contributed by atoms with Gasteiger partial charge in [-0.1, -0.05) is 31.2 Å². The van der Waals surface area contributed by atoms with E-state index in [-0.39, 0.29) is 25.0 Å². The van der Waals surface area contributed by atoms with E-state index in [2.05, 4.69) is 0 Å². The molecule has 0 aromatic heterocycles. The minimum absolute atomic E-state index is 0.226. The third kappa shape index (κ3) is 3.58. The molecule has 2 saturated heterocycles.